The smallest absolute Gasteiger partial charge is 0.282 e. The third-order valence-electron chi connectivity index (χ3n) is 3.65. The standard InChI is InChI=1S/C18H11N3O2S/c22-17-16(24-18(23)21-17)10-11-4-5-15-13(9-11)12(6-8-20-15)14-3-1-2-7-19-14/h1-10H,(H,21,22,23)/b16-10-. The minimum atomic E-state index is -0.360. The lowest BCUT2D eigenvalue weighted by Gasteiger charge is -2.06. The Bertz CT molecular complexity index is 1000. The van der Waals surface area contributed by atoms with Crippen LogP contribution in [0.3, 0.4) is 0 Å². The first-order chi connectivity index (χ1) is 11.7. The van der Waals surface area contributed by atoms with Gasteiger partial charge in [0.25, 0.3) is 11.1 Å². The molecule has 0 bridgehead atoms. The van der Waals surface area contributed by atoms with Gasteiger partial charge in [0.1, 0.15) is 0 Å². The van der Waals surface area contributed by atoms with Gasteiger partial charge in [-0.25, -0.2) is 0 Å². The van der Waals surface area contributed by atoms with Gasteiger partial charge < -0.3 is 0 Å². The zero-order valence-electron chi connectivity index (χ0n) is 12.4. The van der Waals surface area contributed by atoms with Gasteiger partial charge in [-0.1, -0.05) is 12.1 Å². The molecule has 1 aliphatic rings. The molecule has 4 rings (SSSR count). The van der Waals surface area contributed by atoms with E-state index < -0.39 is 0 Å². The molecule has 1 aromatic carbocycles. The van der Waals surface area contributed by atoms with Crippen molar-refractivity contribution >= 4 is 39.9 Å². The van der Waals surface area contributed by atoms with E-state index in [4.69, 9.17) is 0 Å². The monoisotopic (exact) mass is 333 g/mol. The van der Waals surface area contributed by atoms with Crippen molar-refractivity contribution in [2.24, 2.45) is 0 Å². The van der Waals surface area contributed by atoms with Gasteiger partial charge in [0.2, 0.25) is 0 Å². The molecule has 0 radical (unpaired) electrons. The second-order valence-corrected chi connectivity index (χ2v) is 6.22. The van der Waals surface area contributed by atoms with Crippen molar-refractivity contribution < 1.29 is 9.59 Å². The molecule has 0 unspecified atom stereocenters. The van der Waals surface area contributed by atoms with E-state index in [0.29, 0.717) is 4.91 Å². The Hall–Kier alpha value is -2.99. The third-order valence-corrected chi connectivity index (χ3v) is 4.46. The Morgan fingerprint density at radius 1 is 1.00 bits per heavy atom. The second kappa shape index (κ2) is 5.90. The molecule has 0 saturated carbocycles. The minimum absolute atomic E-state index is 0.345. The van der Waals surface area contributed by atoms with E-state index in [9.17, 15) is 9.59 Å². The van der Waals surface area contributed by atoms with Crippen molar-refractivity contribution in [3.05, 3.63) is 65.3 Å². The van der Waals surface area contributed by atoms with Crippen molar-refractivity contribution in [2.75, 3.05) is 0 Å². The molecule has 0 spiro atoms. The topological polar surface area (TPSA) is 72.0 Å². The number of amides is 2. The number of pyridine rings is 2. The van der Waals surface area contributed by atoms with Crippen LogP contribution in [0.5, 0.6) is 0 Å². The first kappa shape index (κ1) is 14.6. The maximum Gasteiger partial charge on any atom is 0.290 e. The number of carbonyl (C=O) groups excluding carboxylic acids is 2. The number of benzene rings is 1. The van der Waals surface area contributed by atoms with Crippen molar-refractivity contribution in [1.82, 2.24) is 15.3 Å². The molecule has 3 heterocycles. The van der Waals surface area contributed by atoms with E-state index in [0.717, 1.165) is 39.5 Å². The van der Waals surface area contributed by atoms with Crippen molar-refractivity contribution in [3.63, 3.8) is 0 Å². The lowest BCUT2D eigenvalue weighted by molar-refractivity contribution is -0.115. The number of fused-ring (bicyclic) bond motifs is 1. The Kier molecular flexibility index (Phi) is 3.59. The van der Waals surface area contributed by atoms with Crippen LogP contribution >= 0.6 is 11.8 Å². The SMILES string of the molecule is O=C1NC(=O)/C(=C/c2ccc3nccc(-c4ccccn4)c3c2)S1. The fraction of sp³-hybridized carbons (Fsp3) is 0. The number of hydrogen-bond acceptors (Lipinski definition) is 5. The number of rotatable bonds is 2. The highest BCUT2D eigenvalue weighted by Gasteiger charge is 2.24. The fourth-order valence-electron chi connectivity index (χ4n) is 2.57. The van der Waals surface area contributed by atoms with Crippen molar-refractivity contribution in [2.45, 2.75) is 0 Å². The average Bonchev–Trinajstić information content (AvgIpc) is 2.92. The van der Waals surface area contributed by atoms with Crippen LogP contribution < -0.4 is 5.32 Å². The molecular weight excluding hydrogens is 322 g/mol. The van der Waals surface area contributed by atoms with Gasteiger partial charge in [0.05, 0.1) is 16.1 Å². The zero-order valence-corrected chi connectivity index (χ0v) is 13.2. The van der Waals surface area contributed by atoms with Crippen LogP contribution in [-0.4, -0.2) is 21.1 Å². The molecule has 0 atom stereocenters. The van der Waals surface area contributed by atoms with Crippen LogP contribution in [0.4, 0.5) is 4.79 Å². The molecule has 24 heavy (non-hydrogen) atoms. The van der Waals surface area contributed by atoms with Gasteiger partial charge in [-0.15, -0.1) is 0 Å². The second-order valence-electron chi connectivity index (χ2n) is 5.20. The molecule has 3 aromatic rings. The van der Waals surface area contributed by atoms with E-state index in [1.807, 2.05) is 42.5 Å². The molecule has 116 valence electrons. The molecule has 1 saturated heterocycles. The van der Waals surface area contributed by atoms with E-state index in [2.05, 4.69) is 15.3 Å². The highest BCUT2D eigenvalue weighted by molar-refractivity contribution is 8.18. The molecule has 5 nitrogen and oxygen atoms in total. The summed E-state index contributed by atoms with van der Waals surface area (Å²) in [7, 11) is 0. The first-order valence-corrected chi connectivity index (χ1v) is 8.07. The molecule has 1 fully saturated rings. The third kappa shape index (κ3) is 2.68. The quantitative estimate of drug-likeness (QED) is 0.725. The van der Waals surface area contributed by atoms with Crippen LogP contribution in [0.2, 0.25) is 0 Å². The Balaban J connectivity index is 1.85. The minimum Gasteiger partial charge on any atom is -0.282 e. The van der Waals surface area contributed by atoms with Crippen molar-refractivity contribution in [1.29, 1.82) is 0 Å². The van der Waals surface area contributed by atoms with Gasteiger partial charge in [-0.05, 0) is 53.7 Å². The molecule has 2 amide bonds. The predicted molar refractivity (Wildman–Crippen MR) is 94.1 cm³/mol. The van der Waals surface area contributed by atoms with E-state index in [1.165, 1.54) is 0 Å². The molecule has 1 N–H and O–H groups in total. The highest BCUT2D eigenvalue weighted by atomic mass is 32.2. The largest absolute Gasteiger partial charge is 0.290 e. The first-order valence-electron chi connectivity index (χ1n) is 7.26. The summed E-state index contributed by atoms with van der Waals surface area (Å²) in [5.41, 5.74) is 3.51. The fourth-order valence-corrected chi connectivity index (χ4v) is 3.25. The van der Waals surface area contributed by atoms with E-state index in [1.54, 1.807) is 18.5 Å². The number of hydrogen-bond donors (Lipinski definition) is 1. The molecule has 6 heteroatoms. The van der Waals surface area contributed by atoms with Gasteiger partial charge in [0, 0.05) is 23.3 Å². The van der Waals surface area contributed by atoms with Crippen molar-refractivity contribution in [3.8, 4) is 11.3 Å². The summed E-state index contributed by atoms with van der Waals surface area (Å²) < 4.78 is 0. The predicted octanol–water partition coefficient (Wildman–Crippen LogP) is 3.62. The number of nitrogens with one attached hydrogen (secondary N) is 1. The van der Waals surface area contributed by atoms with Crippen LogP contribution in [0.1, 0.15) is 5.56 Å². The Labute approximate surface area is 141 Å². The lowest BCUT2D eigenvalue weighted by Crippen LogP contribution is -2.17. The molecule has 0 aliphatic carbocycles. The van der Waals surface area contributed by atoms with Gasteiger partial charge in [0.15, 0.2) is 0 Å². The van der Waals surface area contributed by atoms with Crippen LogP contribution in [0.15, 0.2) is 59.8 Å². The van der Waals surface area contributed by atoms with Crippen LogP contribution in [0, 0.1) is 0 Å². The average molecular weight is 333 g/mol. The number of carbonyl (C=O) groups is 2. The van der Waals surface area contributed by atoms with Crippen LogP contribution in [0.25, 0.3) is 28.2 Å². The lowest BCUT2D eigenvalue weighted by atomic mass is 10.0. The molecule has 2 aromatic heterocycles. The summed E-state index contributed by atoms with van der Waals surface area (Å²) in [6.07, 6.45) is 5.21. The zero-order chi connectivity index (χ0) is 16.5. The number of aromatic nitrogens is 2. The maximum atomic E-state index is 11.7. The summed E-state index contributed by atoms with van der Waals surface area (Å²) in [4.78, 5) is 32.1. The van der Waals surface area contributed by atoms with E-state index >= 15 is 0 Å². The molecule has 1 aliphatic heterocycles. The number of nitrogens with zero attached hydrogens (tertiary/aromatic N) is 2. The van der Waals surface area contributed by atoms with E-state index in [-0.39, 0.29) is 11.1 Å². The summed E-state index contributed by atoms with van der Waals surface area (Å²) >= 11 is 0.908. The van der Waals surface area contributed by atoms with Gasteiger partial charge in [-0.3, -0.25) is 24.9 Å². The number of imide groups is 1. The Morgan fingerprint density at radius 3 is 2.67 bits per heavy atom. The van der Waals surface area contributed by atoms with Gasteiger partial charge in [-0.2, -0.15) is 0 Å². The molecular formula is C18H11N3O2S. The normalized spacial score (nSPS) is 15.9. The Morgan fingerprint density at radius 2 is 1.92 bits per heavy atom. The van der Waals surface area contributed by atoms with Crippen LogP contribution in [-0.2, 0) is 4.79 Å². The maximum absolute atomic E-state index is 11.7. The van der Waals surface area contributed by atoms with Gasteiger partial charge >= 0.3 is 0 Å². The summed E-state index contributed by atoms with van der Waals surface area (Å²) in [5.74, 6) is -0.360. The summed E-state index contributed by atoms with van der Waals surface area (Å²) in [5, 5.41) is 2.86. The number of thioether (sulfide) groups is 1. The highest BCUT2D eigenvalue weighted by Crippen LogP contribution is 2.29. The summed E-state index contributed by atoms with van der Waals surface area (Å²) in [6, 6.07) is 13.4. The summed E-state index contributed by atoms with van der Waals surface area (Å²) in [6.45, 7) is 0.